The van der Waals surface area contributed by atoms with Gasteiger partial charge in [-0.1, -0.05) is 29.8 Å². The summed E-state index contributed by atoms with van der Waals surface area (Å²) in [7, 11) is 0. The Morgan fingerprint density at radius 1 is 1.28 bits per heavy atom. The van der Waals surface area contributed by atoms with Gasteiger partial charge in [0.15, 0.2) is 0 Å². The van der Waals surface area contributed by atoms with Gasteiger partial charge in [-0.2, -0.15) is 5.10 Å². The highest BCUT2D eigenvalue weighted by Gasteiger charge is 2.13. The molecule has 0 saturated carbocycles. The summed E-state index contributed by atoms with van der Waals surface area (Å²) in [6.07, 6.45) is 0.854. The molecule has 2 rings (SSSR count). The topological polar surface area (TPSA) is 43.8 Å². The SMILES string of the molecule is CCn1nc(C)cc1C(N)Cc1cccc(C)c1. The predicted molar refractivity (Wildman–Crippen MR) is 74.4 cm³/mol. The summed E-state index contributed by atoms with van der Waals surface area (Å²) in [6.45, 7) is 7.07. The van der Waals surface area contributed by atoms with Crippen molar-refractivity contribution < 1.29 is 0 Å². The monoisotopic (exact) mass is 243 g/mol. The molecule has 0 aliphatic heterocycles. The number of hydrogen-bond acceptors (Lipinski definition) is 2. The fourth-order valence-electron chi connectivity index (χ4n) is 2.31. The lowest BCUT2D eigenvalue weighted by molar-refractivity contribution is 0.566. The quantitative estimate of drug-likeness (QED) is 0.897. The van der Waals surface area contributed by atoms with E-state index in [0.717, 1.165) is 24.4 Å². The third kappa shape index (κ3) is 2.79. The highest BCUT2D eigenvalue weighted by atomic mass is 15.3. The van der Waals surface area contributed by atoms with E-state index in [2.05, 4.69) is 49.3 Å². The Bertz CT molecular complexity index is 528. The van der Waals surface area contributed by atoms with Crippen molar-refractivity contribution in [3.8, 4) is 0 Å². The van der Waals surface area contributed by atoms with Crippen LogP contribution in [0.1, 0.15) is 35.5 Å². The molecule has 3 heteroatoms. The Labute approximate surface area is 109 Å². The molecule has 0 fully saturated rings. The second-order valence-corrected chi connectivity index (χ2v) is 4.83. The average molecular weight is 243 g/mol. The molecule has 2 N–H and O–H groups in total. The van der Waals surface area contributed by atoms with Gasteiger partial charge in [0.25, 0.3) is 0 Å². The molecule has 0 bridgehead atoms. The fourth-order valence-corrected chi connectivity index (χ4v) is 2.31. The van der Waals surface area contributed by atoms with Crippen LogP contribution in [0, 0.1) is 13.8 Å². The Kier molecular flexibility index (Phi) is 3.82. The van der Waals surface area contributed by atoms with Gasteiger partial charge in [-0.3, -0.25) is 4.68 Å². The molecule has 1 heterocycles. The van der Waals surface area contributed by atoms with Crippen LogP contribution in [0.25, 0.3) is 0 Å². The van der Waals surface area contributed by atoms with Crippen LogP contribution in [0.2, 0.25) is 0 Å². The largest absolute Gasteiger partial charge is 0.322 e. The van der Waals surface area contributed by atoms with E-state index in [-0.39, 0.29) is 6.04 Å². The smallest absolute Gasteiger partial charge is 0.0597 e. The van der Waals surface area contributed by atoms with Crippen LogP contribution in [0.5, 0.6) is 0 Å². The molecule has 1 aromatic carbocycles. The van der Waals surface area contributed by atoms with Gasteiger partial charge in [0.1, 0.15) is 0 Å². The van der Waals surface area contributed by atoms with E-state index >= 15 is 0 Å². The molecule has 0 aliphatic rings. The van der Waals surface area contributed by atoms with Crippen molar-refractivity contribution >= 4 is 0 Å². The second kappa shape index (κ2) is 5.36. The zero-order valence-electron chi connectivity index (χ0n) is 11.4. The second-order valence-electron chi connectivity index (χ2n) is 4.83. The first-order valence-electron chi connectivity index (χ1n) is 6.45. The van der Waals surface area contributed by atoms with Gasteiger partial charge >= 0.3 is 0 Å². The van der Waals surface area contributed by atoms with Crippen LogP contribution < -0.4 is 5.73 Å². The van der Waals surface area contributed by atoms with Crippen LogP contribution in [0.3, 0.4) is 0 Å². The van der Waals surface area contributed by atoms with Crippen LogP contribution in [0.15, 0.2) is 30.3 Å². The Balaban J connectivity index is 2.18. The zero-order chi connectivity index (χ0) is 13.1. The van der Waals surface area contributed by atoms with Crippen LogP contribution in [-0.2, 0) is 13.0 Å². The van der Waals surface area contributed by atoms with E-state index in [1.165, 1.54) is 11.1 Å². The van der Waals surface area contributed by atoms with E-state index in [1.807, 2.05) is 11.6 Å². The summed E-state index contributed by atoms with van der Waals surface area (Å²) in [5, 5.41) is 4.45. The molecule has 0 aliphatic carbocycles. The number of hydrogen-bond donors (Lipinski definition) is 1. The van der Waals surface area contributed by atoms with Gasteiger partial charge in [-0.05, 0) is 38.8 Å². The lowest BCUT2D eigenvalue weighted by atomic mass is 10.0. The van der Waals surface area contributed by atoms with Crippen molar-refractivity contribution in [2.24, 2.45) is 5.73 Å². The van der Waals surface area contributed by atoms with Gasteiger partial charge in [0.2, 0.25) is 0 Å². The molecule has 18 heavy (non-hydrogen) atoms. The summed E-state index contributed by atoms with van der Waals surface area (Å²) in [5.41, 5.74) is 11.0. The van der Waals surface area contributed by atoms with E-state index in [9.17, 15) is 0 Å². The molecule has 1 unspecified atom stereocenters. The first kappa shape index (κ1) is 12.8. The summed E-state index contributed by atoms with van der Waals surface area (Å²) in [5.74, 6) is 0. The lowest BCUT2D eigenvalue weighted by Gasteiger charge is -2.13. The van der Waals surface area contributed by atoms with Gasteiger partial charge in [-0.15, -0.1) is 0 Å². The average Bonchev–Trinajstić information content (AvgIpc) is 2.70. The van der Waals surface area contributed by atoms with Gasteiger partial charge < -0.3 is 5.73 Å². The first-order valence-corrected chi connectivity index (χ1v) is 6.45. The number of rotatable bonds is 4. The molecule has 1 aromatic heterocycles. The predicted octanol–water partition coefficient (Wildman–Crippen LogP) is 2.76. The highest BCUT2D eigenvalue weighted by molar-refractivity contribution is 5.25. The van der Waals surface area contributed by atoms with Crippen LogP contribution in [0.4, 0.5) is 0 Å². The molecule has 1 atom stereocenters. The minimum atomic E-state index is 0.00736. The maximum absolute atomic E-state index is 6.31. The molecule has 0 saturated heterocycles. The summed E-state index contributed by atoms with van der Waals surface area (Å²) < 4.78 is 2.00. The molecule has 2 aromatic rings. The Morgan fingerprint density at radius 2 is 2.06 bits per heavy atom. The summed E-state index contributed by atoms with van der Waals surface area (Å²) in [4.78, 5) is 0. The molecule has 3 nitrogen and oxygen atoms in total. The number of aromatic nitrogens is 2. The fraction of sp³-hybridized carbons (Fsp3) is 0.400. The standard InChI is InChI=1S/C15H21N3/c1-4-18-15(9-12(3)17-18)14(16)10-13-7-5-6-11(2)8-13/h5-9,14H,4,10,16H2,1-3H3. The number of nitrogens with zero attached hydrogens (tertiary/aromatic N) is 2. The van der Waals surface area contributed by atoms with Gasteiger partial charge in [-0.25, -0.2) is 0 Å². The van der Waals surface area contributed by atoms with Crippen molar-refractivity contribution in [1.29, 1.82) is 0 Å². The minimum Gasteiger partial charge on any atom is -0.322 e. The molecular weight excluding hydrogens is 222 g/mol. The lowest BCUT2D eigenvalue weighted by Crippen LogP contribution is -2.18. The summed E-state index contributed by atoms with van der Waals surface area (Å²) in [6, 6.07) is 10.6. The van der Waals surface area contributed by atoms with Crippen molar-refractivity contribution in [3.05, 3.63) is 52.8 Å². The third-order valence-electron chi connectivity index (χ3n) is 3.15. The van der Waals surface area contributed by atoms with E-state index < -0.39 is 0 Å². The van der Waals surface area contributed by atoms with E-state index in [1.54, 1.807) is 0 Å². The number of nitrogens with two attached hydrogens (primary N) is 1. The van der Waals surface area contributed by atoms with E-state index in [0.29, 0.717) is 0 Å². The normalized spacial score (nSPS) is 12.7. The molecule has 0 amide bonds. The van der Waals surface area contributed by atoms with Crippen LogP contribution in [-0.4, -0.2) is 9.78 Å². The summed E-state index contributed by atoms with van der Waals surface area (Å²) >= 11 is 0. The van der Waals surface area contributed by atoms with E-state index in [4.69, 9.17) is 5.73 Å². The molecule has 0 spiro atoms. The Hall–Kier alpha value is -1.61. The maximum Gasteiger partial charge on any atom is 0.0597 e. The Morgan fingerprint density at radius 3 is 2.72 bits per heavy atom. The highest BCUT2D eigenvalue weighted by Crippen LogP contribution is 2.18. The van der Waals surface area contributed by atoms with Gasteiger partial charge in [0.05, 0.1) is 17.4 Å². The minimum absolute atomic E-state index is 0.00736. The molecule has 96 valence electrons. The zero-order valence-corrected chi connectivity index (χ0v) is 11.4. The molecule has 0 radical (unpaired) electrons. The number of benzene rings is 1. The van der Waals surface area contributed by atoms with Crippen molar-refractivity contribution in [2.45, 2.75) is 39.8 Å². The van der Waals surface area contributed by atoms with Crippen LogP contribution >= 0.6 is 0 Å². The first-order chi connectivity index (χ1) is 8.60. The molecular formula is C15H21N3. The maximum atomic E-state index is 6.31. The van der Waals surface area contributed by atoms with Gasteiger partial charge in [0, 0.05) is 6.54 Å². The van der Waals surface area contributed by atoms with Crippen molar-refractivity contribution in [3.63, 3.8) is 0 Å². The van der Waals surface area contributed by atoms with Crippen molar-refractivity contribution in [1.82, 2.24) is 9.78 Å². The third-order valence-corrected chi connectivity index (χ3v) is 3.15. The number of aryl methyl sites for hydroxylation is 3. The van der Waals surface area contributed by atoms with Crippen molar-refractivity contribution in [2.75, 3.05) is 0 Å².